The fourth-order valence-corrected chi connectivity index (χ4v) is 1.44. The summed E-state index contributed by atoms with van der Waals surface area (Å²) in [6.07, 6.45) is 0.716. The minimum Gasteiger partial charge on any atom is -0.395 e. The first-order valence-corrected chi connectivity index (χ1v) is 5.21. The quantitative estimate of drug-likeness (QED) is 0.742. The van der Waals surface area contributed by atoms with Crippen LogP contribution in [-0.2, 0) is 13.5 Å². The van der Waals surface area contributed by atoms with Gasteiger partial charge in [-0.2, -0.15) is 5.10 Å². The first-order valence-electron chi connectivity index (χ1n) is 5.21. The first kappa shape index (κ1) is 12.3. The number of anilines is 1. The number of hydrogen-bond donors (Lipinski definition) is 2. The lowest BCUT2D eigenvalue weighted by Gasteiger charge is -2.05. The second-order valence-electron chi connectivity index (χ2n) is 3.83. The van der Waals surface area contributed by atoms with Gasteiger partial charge < -0.3 is 11.1 Å². The third-order valence-corrected chi connectivity index (χ3v) is 2.26. The predicted molar refractivity (Wildman–Crippen MR) is 64.1 cm³/mol. The Hall–Kier alpha value is -1.78. The van der Waals surface area contributed by atoms with Crippen LogP contribution < -0.4 is 11.1 Å². The maximum atomic E-state index is 11.8. The van der Waals surface area contributed by atoms with Gasteiger partial charge >= 0.3 is 0 Å². The van der Waals surface area contributed by atoms with Gasteiger partial charge in [0.2, 0.25) is 0 Å². The van der Waals surface area contributed by atoms with Gasteiger partial charge in [-0.3, -0.25) is 9.48 Å². The number of nitrogens with zero attached hydrogens (tertiary/aromatic N) is 2. The van der Waals surface area contributed by atoms with Crippen LogP contribution in [0.25, 0.3) is 0 Å². The zero-order valence-electron chi connectivity index (χ0n) is 10.0. The van der Waals surface area contributed by atoms with E-state index in [9.17, 15) is 4.79 Å². The van der Waals surface area contributed by atoms with Gasteiger partial charge in [0.15, 0.2) is 0 Å². The molecule has 0 fully saturated rings. The van der Waals surface area contributed by atoms with Crippen LogP contribution >= 0.6 is 0 Å². The number of carbonyl (C=O) groups excluding carboxylic acids is 1. The van der Waals surface area contributed by atoms with E-state index in [0.29, 0.717) is 24.3 Å². The van der Waals surface area contributed by atoms with Crippen molar-refractivity contribution in [2.75, 3.05) is 12.3 Å². The maximum absolute atomic E-state index is 11.8. The molecule has 0 aliphatic carbocycles. The van der Waals surface area contributed by atoms with Crippen molar-refractivity contribution in [1.29, 1.82) is 0 Å². The van der Waals surface area contributed by atoms with Crippen LogP contribution in [0.5, 0.6) is 0 Å². The summed E-state index contributed by atoms with van der Waals surface area (Å²) >= 11 is 0. The van der Waals surface area contributed by atoms with E-state index in [4.69, 9.17) is 5.73 Å². The number of amides is 1. The smallest absolute Gasteiger partial charge is 0.271 e. The van der Waals surface area contributed by atoms with E-state index in [1.807, 2.05) is 13.8 Å². The fourth-order valence-electron chi connectivity index (χ4n) is 1.44. The van der Waals surface area contributed by atoms with Gasteiger partial charge in [-0.15, -0.1) is 0 Å². The standard InChI is InChI=1S/C11H18N4O/c1-5-8-9(12)10(15(4)14-8)11(16)13-6-7(2)3/h2,5-6,12H2,1,3-4H3,(H,13,16). The van der Waals surface area contributed by atoms with Crippen LogP contribution in [0.15, 0.2) is 12.2 Å². The van der Waals surface area contributed by atoms with Crippen molar-refractivity contribution in [3.63, 3.8) is 0 Å². The number of aryl methyl sites for hydroxylation is 2. The van der Waals surface area contributed by atoms with Gasteiger partial charge in [0, 0.05) is 13.6 Å². The topological polar surface area (TPSA) is 72.9 Å². The monoisotopic (exact) mass is 222 g/mol. The van der Waals surface area contributed by atoms with Gasteiger partial charge in [-0.05, 0) is 13.3 Å². The molecule has 88 valence electrons. The highest BCUT2D eigenvalue weighted by Gasteiger charge is 2.18. The minimum absolute atomic E-state index is 0.213. The van der Waals surface area contributed by atoms with Crippen molar-refractivity contribution in [2.24, 2.45) is 7.05 Å². The Labute approximate surface area is 95.3 Å². The summed E-state index contributed by atoms with van der Waals surface area (Å²) in [6, 6.07) is 0. The molecule has 0 atom stereocenters. The summed E-state index contributed by atoms with van der Waals surface area (Å²) in [4.78, 5) is 11.8. The largest absolute Gasteiger partial charge is 0.395 e. The van der Waals surface area contributed by atoms with Crippen LogP contribution in [0.4, 0.5) is 5.69 Å². The van der Waals surface area contributed by atoms with E-state index < -0.39 is 0 Å². The number of aromatic nitrogens is 2. The highest BCUT2D eigenvalue weighted by Crippen LogP contribution is 2.16. The van der Waals surface area contributed by atoms with Crippen LogP contribution in [-0.4, -0.2) is 22.2 Å². The molecule has 1 amide bonds. The molecular weight excluding hydrogens is 204 g/mol. The molecular formula is C11H18N4O. The lowest BCUT2D eigenvalue weighted by molar-refractivity contribution is 0.0948. The molecule has 1 aromatic heterocycles. The second-order valence-corrected chi connectivity index (χ2v) is 3.83. The molecule has 1 heterocycles. The average molecular weight is 222 g/mol. The van der Waals surface area contributed by atoms with Gasteiger partial charge in [0.25, 0.3) is 5.91 Å². The van der Waals surface area contributed by atoms with E-state index in [1.54, 1.807) is 7.05 Å². The van der Waals surface area contributed by atoms with Gasteiger partial charge in [0.1, 0.15) is 5.69 Å². The SMILES string of the molecule is C=C(C)CNC(=O)c1c(N)c(CC)nn1C. The summed E-state index contributed by atoms with van der Waals surface area (Å²) in [5, 5.41) is 6.92. The molecule has 5 heteroatoms. The Bertz CT molecular complexity index is 420. The summed E-state index contributed by atoms with van der Waals surface area (Å²) in [5.74, 6) is -0.213. The Morgan fingerprint density at radius 3 is 2.69 bits per heavy atom. The van der Waals surface area contributed by atoms with Crippen LogP contribution in [0.1, 0.15) is 30.0 Å². The van der Waals surface area contributed by atoms with Crippen molar-refractivity contribution >= 4 is 11.6 Å². The summed E-state index contributed by atoms with van der Waals surface area (Å²) in [5.41, 5.74) is 8.38. The third-order valence-electron chi connectivity index (χ3n) is 2.26. The van der Waals surface area contributed by atoms with E-state index in [-0.39, 0.29) is 5.91 Å². The molecule has 0 unspecified atom stereocenters. The molecule has 16 heavy (non-hydrogen) atoms. The molecule has 1 rings (SSSR count). The van der Waals surface area contributed by atoms with Crippen LogP contribution in [0.3, 0.4) is 0 Å². The van der Waals surface area contributed by atoms with Gasteiger partial charge in [-0.25, -0.2) is 0 Å². The first-order chi connectivity index (χ1) is 7.47. The van der Waals surface area contributed by atoms with Crippen molar-refractivity contribution in [3.8, 4) is 0 Å². The number of nitrogen functional groups attached to an aromatic ring is 1. The van der Waals surface area contributed by atoms with Crippen molar-refractivity contribution < 1.29 is 4.79 Å². The maximum Gasteiger partial charge on any atom is 0.271 e. The fraction of sp³-hybridized carbons (Fsp3) is 0.455. The molecule has 0 saturated heterocycles. The normalized spacial score (nSPS) is 10.2. The molecule has 0 saturated carbocycles. The van der Waals surface area contributed by atoms with Gasteiger partial charge in [-0.1, -0.05) is 19.1 Å². The number of rotatable bonds is 4. The lowest BCUT2D eigenvalue weighted by atomic mass is 10.2. The third kappa shape index (κ3) is 2.42. The van der Waals surface area contributed by atoms with E-state index in [1.165, 1.54) is 4.68 Å². The minimum atomic E-state index is -0.213. The van der Waals surface area contributed by atoms with Crippen molar-refractivity contribution in [3.05, 3.63) is 23.5 Å². The zero-order chi connectivity index (χ0) is 12.3. The highest BCUT2D eigenvalue weighted by molar-refractivity contribution is 5.98. The molecule has 0 aromatic carbocycles. The van der Waals surface area contributed by atoms with E-state index in [0.717, 1.165) is 11.3 Å². The van der Waals surface area contributed by atoms with Crippen molar-refractivity contribution in [2.45, 2.75) is 20.3 Å². The Morgan fingerprint density at radius 1 is 1.62 bits per heavy atom. The summed E-state index contributed by atoms with van der Waals surface area (Å²) in [7, 11) is 1.71. The summed E-state index contributed by atoms with van der Waals surface area (Å²) in [6.45, 7) is 7.97. The molecule has 5 nitrogen and oxygen atoms in total. The molecule has 0 aliphatic rings. The Balaban J connectivity index is 2.90. The summed E-state index contributed by atoms with van der Waals surface area (Å²) < 4.78 is 1.52. The van der Waals surface area contributed by atoms with E-state index >= 15 is 0 Å². The molecule has 0 radical (unpaired) electrons. The number of hydrogen-bond acceptors (Lipinski definition) is 3. The van der Waals surface area contributed by atoms with Crippen LogP contribution in [0.2, 0.25) is 0 Å². The molecule has 3 N–H and O–H groups in total. The highest BCUT2D eigenvalue weighted by atomic mass is 16.2. The number of carbonyl (C=O) groups is 1. The predicted octanol–water partition coefficient (Wildman–Crippen LogP) is 0.871. The average Bonchev–Trinajstić information content (AvgIpc) is 2.50. The van der Waals surface area contributed by atoms with Gasteiger partial charge in [0.05, 0.1) is 11.4 Å². The molecule has 0 spiro atoms. The number of nitrogens with one attached hydrogen (secondary N) is 1. The second kappa shape index (κ2) is 4.83. The van der Waals surface area contributed by atoms with Crippen LogP contribution in [0, 0.1) is 0 Å². The zero-order valence-corrected chi connectivity index (χ0v) is 10.0. The Kier molecular flexibility index (Phi) is 3.71. The number of nitrogens with two attached hydrogens (primary N) is 1. The molecule has 1 aromatic rings. The Morgan fingerprint density at radius 2 is 2.25 bits per heavy atom. The molecule has 0 aliphatic heterocycles. The van der Waals surface area contributed by atoms with E-state index in [2.05, 4.69) is 17.0 Å². The van der Waals surface area contributed by atoms with Crippen molar-refractivity contribution in [1.82, 2.24) is 15.1 Å². The molecule has 0 bridgehead atoms. The lowest BCUT2D eigenvalue weighted by Crippen LogP contribution is -2.27.